The van der Waals surface area contributed by atoms with Gasteiger partial charge in [-0.05, 0) is 31.0 Å². The van der Waals surface area contributed by atoms with E-state index in [2.05, 4.69) is 5.32 Å². The number of carboxylic acids is 1. The highest BCUT2D eigenvalue weighted by molar-refractivity contribution is 5.98. The zero-order chi connectivity index (χ0) is 16.0. The number of carboxylic acid groups (broad SMARTS) is 1. The van der Waals surface area contributed by atoms with Crippen LogP contribution in [0.1, 0.15) is 34.3 Å². The Labute approximate surface area is 122 Å². The van der Waals surface area contributed by atoms with Crippen LogP contribution in [0.5, 0.6) is 0 Å². The molecule has 0 radical (unpaired) electrons. The van der Waals surface area contributed by atoms with E-state index in [0.717, 1.165) is 11.1 Å². The number of rotatable bonds is 7. The molecule has 1 aromatic carbocycles. The zero-order valence-electron chi connectivity index (χ0n) is 12.0. The highest BCUT2D eigenvalue weighted by Crippen LogP contribution is 2.12. The molecule has 21 heavy (non-hydrogen) atoms. The summed E-state index contributed by atoms with van der Waals surface area (Å²) < 4.78 is 0. The fourth-order valence-electron chi connectivity index (χ4n) is 1.74. The van der Waals surface area contributed by atoms with Gasteiger partial charge in [0.05, 0.1) is 6.61 Å². The van der Waals surface area contributed by atoms with Gasteiger partial charge in [-0.2, -0.15) is 0 Å². The Morgan fingerprint density at radius 1 is 1.14 bits per heavy atom. The monoisotopic (exact) mass is 293 g/mol. The number of carbonyl (C=O) groups excluding carboxylic acids is 2. The molecule has 0 fully saturated rings. The summed E-state index contributed by atoms with van der Waals surface area (Å²) in [5.74, 6) is -2.07. The summed E-state index contributed by atoms with van der Waals surface area (Å²) in [6.07, 6.45) is -0.123. The second-order valence-electron chi connectivity index (χ2n) is 4.86. The van der Waals surface area contributed by atoms with Gasteiger partial charge in [-0.1, -0.05) is 12.1 Å². The summed E-state index contributed by atoms with van der Waals surface area (Å²) in [5.41, 5.74) is 2.61. The summed E-state index contributed by atoms with van der Waals surface area (Å²) in [7, 11) is 0. The Balaban J connectivity index is 2.54. The average Bonchev–Trinajstić information content (AvgIpc) is 2.44. The number of Topliss-reactive ketones (excluding diaryl/α,β-unsaturated/α-hetero) is 1. The molecule has 1 atom stereocenters. The number of carbonyl (C=O) groups is 3. The minimum absolute atomic E-state index is 0.00784. The predicted molar refractivity (Wildman–Crippen MR) is 76.1 cm³/mol. The molecule has 3 N–H and O–H groups in total. The molecule has 1 rings (SSSR count). The molecular weight excluding hydrogens is 274 g/mol. The van der Waals surface area contributed by atoms with Crippen molar-refractivity contribution in [3.05, 3.63) is 34.9 Å². The number of aliphatic carboxylic acids is 1. The molecule has 114 valence electrons. The van der Waals surface area contributed by atoms with E-state index < -0.39 is 24.5 Å². The lowest BCUT2D eigenvalue weighted by molar-refractivity contribution is -0.142. The van der Waals surface area contributed by atoms with Gasteiger partial charge in [-0.15, -0.1) is 0 Å². The first-order valence-corrected chi connectivity index (χ1v) is 6.58. The van der Waals surface area contributed by atoms with E-state index in [1.807, 2.05) is 19.9 Å². The first-order chi connectivity index (χ1) is 9.85. The third kappa shape index (κ3) is 5.00. The van der Waals surface area contributed by atoms with Gasteiger partial charge in [-0.3, -0.25) is 9.59 Å². The van der Waals surface area contributed by atoms with Crippen LogP contribution < -0.4 is 5.32 Å². The number of amides is 1. The van der Waals surface area contributed by atoms with Crippen molar-refractivity contribution in [1.82, 2.24) is 5.32 Å². The SMILES string of the molecule is Cc1ccc(C(=O)CCC(=O)NC(CO)C(=O)O)cc1C. The number of aryl methyl sites for hydroxylation is 2. The van der Waals surface area contributed by atoms with Crippen molar-refractivity contribution >= 4 is 17.7 Å². The topological polar surface area (TPSA) is 104 Å². The van der Waals surface area contributed by atoms with Crippen molar-refractivity contribution in [2.75, 3.05) is 6.61 Å². The van der Waals surface area contributed by atoms with Crippen LogP contribution >= 0.6 is 0 Å². The molecule has 0 saturated heterocycles. The van der Waals surface area contributed by atoms with E-state index in [1.165, 1.54) is 0 Å². The first kappa shape index (κ1) is 16.8. The van der Waals surface area contributed by atoms with Crippen LogP contribution in [0.25, 0.3) is 0 Å². The van der Waals surface area contributed by atoms with Crippen LogP contribution in [-0.2, 0) is 9.59 Å². The van der Waals surface area contributed by atoms with Gasteiger partial charge in [0, 0.05) is 18.4 Å². The maximum atomic E-state index is 12.0. The van der Waals surface area contributed by atoms with Crippen LogP contribution in [-0.4, -0.2) is 40.5 Å². The van der Waals surface area contributed by atoms with Crippen LogP contribution in [0.4, 0.5) is 0 Å². The molecule has 1 aromatic rings. The summed E-state index contributed by atoms with van der Waals surface area (Å²) in [6.45, 7) is 3.15. The van der Waals surface area contributed by atoms with E-state index in [1.54, 1.807) is 12.1 Å². The molecule has 0 aromatic heterocycles. The fraction of sp³-hybridized carbons (Fsp3) is 0.400. The highest BCUT2D eigenvalue weighted by Gasteiger charge is 2.19. The molecule has 0 aliphatic heterocycles. The standard InChI is InChI=1S/C15H19NO5/c1-9-3-4-11(7-10(9)2)13(18)5-6-14(19)16-12(8-17)15(20)21/h3-4,7,12,17H,5-6,8H2,1-2H3,(H,16,19)(H,20,21). The Bertz CT molecular complexity index is 553. The van der Waals surface area contributed by atoms with Crippen LogP contribution in [0, 0.1) is 13.8 Å². The minimum Gasteiger partial charge on any atom is -0.480 e. The zero-order valence-corrected chi connectivity index (χ0v) is 12.0. The van der Waals surface area contributed by atoms with E-state index >= 15 is 0 Å². The number of aliphatic hydroxyl groups is 1. The van der Waals surface area contributed by atoms with Crippen molar-refractivity contribution in [3.8, 4) is 0 Å². The minimum atomic E-state index is -1.34. The van der Waals surface area contributed by atoms with Crippen molar-refractivity contribution in [3.63, 3.8) is 0 Å². The Morgan fingerprint density at radius 3 is 2.33 bits per heavy atom. The predicted octanol–water partition coefficient (Wildman–Crippen LogP) is 0.828. The van der Waals surface area contributed by atoms with Crippen molar-refractivity contribution in [1.29, 1.82) is 0 Å². The maximum Gasteiger partial charge on any atom is 0.328 e. The van der Waals surface area contributed by atoms with E-state index in [9.17, 15) is 14.4 Å². The van der Waals surface area contributed by atoms with E-state index in [0.29, 0.717) is 5.56 Å². The summed E-state index contributed by atoms with van der Waals surface area (Å²) in [5, 5.41) is 19.6. The van der Waals surface area contributed by atoms with Gasteiger partial charge in [-0.25, -0.2) is 4.79 Å². The second kappa shape index (κ2) is 7.54. The number of nitrogens with one attached hydrogen (secondary N) is 1. The lowest BCUT2D eigenvalue weighted by atomic mass is 10.0. The van der Waals surface area contributed by atoms with Crippen LogP contribution in [0.15, 0.2) is 18.2 Å². The van der Waals surface area contributed by atoms with Crippen molar-refractivity contribution in [2.24, 2.45) is 0 Å². The normalized spacial score (nSPS) is 11.8. The Morgan fingerprint density at radius 2 is 1.81 bits per heavy atom. The molecule has 0 saturated carbocycles. The smallest absolute Gasteiger partial charge is 0.328 e. The van der Waals surface area contributed by atoms with Gasteiger partial charge in [0.2, 0.25) is 5.91 Å². The molecule has 0 aliphatic carbocycles. The molecule has 1 unspecified atom stereocenters. The molecular formula is C15H19NO5. The second-order valence-corrected chi connectivity index (χ2v) is 4.86. The third-order valence-corrected chi connectivity index (χ3v) is 3.22. The summed E-state index contributed by atoms with van der Waals surface area (Å²) >= 11 is 0. The van der Waals surface area contributed by atoms with Gasteiger partial charge < -0.3 is 15.5 Å². The van der Waals surface area contributed by atoms with Crippen LogP contribution in [0.3, 0.4) is 0 Å². The quantitative estimate of drug-likeness (QED) is 0.646. The van der Waals surface area contributed by atoms with Gasteiger partial charge in [0.1, 0.15) is 6.04 Å². The summed E-state index contributed by atoms with van der Waals surface area (Å²) in [4.78, 5) is 34.1. The number of hydrogen-bond acceptors (Lipinski definition) is 4. The van der Waals surface area contributed by atoms with E-state index in [4.69, 9.17) is 10.2 Å². The number of ketones is 1. The first-order valence-electron chi connectivity index (χ1n) is 6.58. The molecule has 0 bridgehead atoms. The largest absolute Gasteiger partial charge is 0.480 e. The molecule has 6 nitrogen and oxygen atoms in total. The van der Waals surface area contributed by atoms with Gasteiger partial charge >= 0.3 is 5.97 Å². The number of hydrogen-bond donors (Lipinski definition) is 3. The lowest BCUT2D eigenvalue weighted by Gasteiger charge is -2.11. The third-order valence-electron chi connectivity index (χ3n) is 3.22. The lowest BCUT2D eigenvalue weighted by Crippen LogP contribution is -2.43. The fourth-order valence-corrected chi connectivity index (χ4v) is 1.74. The highest BCUT2D eigenvalue weighted by atomic mass is 16.4. The van der Waals surface area contributed by atoms with Crippen molar-refractivity contribution in [2.45, 2.75) is 32.7 Å². The molecule has 1 amide bonds. The van der Waals surface area contributed by atoms with Gasteiger partial charge in [0.25, 0.3) is 0 Å². The number of benzene rings is 1. The average molecular weight is 293 g/mol. The maximum absolute atomic E-state index is 12.0. The van der Waals surface area contributed by atoms with Crippen molar-refractivity contribution < 1.29 is 24.6 Å². The molecule has 0 aliphatic rings. The van der Waals surface area contributed by atoms with Gasteiger partial charge in [0.15, 0.2) is 5.78 Å². The van der Waals surface area contributed by atoms with E-state index in [-0.39, 0.29) is 18.6 Å². The summed E-state index contributed by atoms with van der Waals surface area (Å²) in [6, 6.07) is 3.98. The molecule has 0 heterocycles. The Hall–Kier alpha value is -2.21. The number of aliphatic hydroxyl groups excluding tert-OH is 1. The molecule has 0 spiro atoms. The molecule has 6 heteroatoms. The van der Waals surface area contributed by atoms with Crippen LogP contribution in [0.2, 0.25) is 0 Å². The Kier molecular flexibility index (Phi) is 6.05.